The molecule has 2 heterocycles. The van der Waals surface area contributed by atoms with Gasteiger partial charge in [-0.15, -0.1) is 0 Å². The predicted molar refractivity (Wildman–Crippen MR) is 82.2 cm³/mol. The third-order valence-corrected chi connectivity index (χ3v) is 3.08. The summed E-state index contributed by atoms with van der Waals surface area (Å²) in [5.41, 5.74) is 1.34. The Kier molecular flexibility index (Phi) is 4.26. The number of anilines is 1. The summed E-state index contributed by atoms with van der Waals surface area (Å²) < 4.78 is 0. The second kappa shape index (κ2) is 5.95. The van der Waals surface area contributed by atoms with Gasteiger partial charge in [-0.3, -0.25) is 4.79 Å². The van der Waals surface area contributed by atoms with E-state index in [0.29, 0.717) is 17.9 Å². The summed E-state index contributed by atoms with van der Waals surface area (Å²) in [6, 6.07) is 3.57. The van der Waals surface area contributed by atoms with Gasteiger partial charge in [0.2, 0.25) is 0 Å². The molecule has 0 unspecified atom stereocenters. The van der Waals surface area contributed by atoms with E-state index in [1.807, 2.05) is 6.07 Å². The maximum absolute atomic E-state index is 12.3. The average molecular weight is 287 g/mol. The van der Waals surface area contributed by atoms with E-state index in [1.165, 1.54) is 0 Å². The molecule has 0 aliphatic rings. The van der Waals surface area contributed by atoms with Crippen LogP contribution in [0.2, 0.25) is 0 Å². The first-order chi connectivity index (χ1) is 9.90. The van der Waals surface area contributed by atoms with Crippen molar-refractivity contribution in [1.29, 1.82) is 0 Å². The summed E-state index contributed by atoms with van der Waals surface area (Å²) in [5, 5.41) is 5.84. The molecule has 0 atom stereocenters. The van der Waals surface area contributed by atoms with Crippen molar-refractivity contribution in [2.24, 2.45) is 0 Å². The van der Waals surface area contributed by atoms with Gasteiger partial charge in [0, 0.05) is 36.1 Å². The summed E-state index contributed by atoms with van der Waals surface area (Å²) in [5.74, 6) is 1.27. The fourth-order valence-corrected chi connectivity index (χ4v) is 1.83. The first-order valence-electron chi connectivity index (χ1n) is 6.87. The minimum atomic E-state index is -0.143. The van der Waals surface area contributed by atoms with Crippen molar-refractivity contribution in [1.82, 2.24) is 20.3 Å². The Hall–Kier alpha value is -2.37. The van der Waals surface area contributed by atoms with E-state index >= 15 is 0 Å². The van der Waals surface area contributed by atoms with Crippen LogP contribution in [0.15, 0.2) is 24.5 Å². The molecule has 0 aliphatic carbocycles. The van der Waals surface area contributed by atoms with Crippen LogP contribution in [-0.4, -0.2) is 27.9 Å². The lowest BCUT2D eigenvalue weighted by molar-refractivity contribution is 0.0949. The molecule has 6 heteroatoms. The van der Waals surface area contributed by atoms with E-state index in [0.717, 1.165) is 11.5 Å². The molecule has 0 saturated heterocycles. The zero-order chi connectivity index (χ0) is 15.5. The fraction of sp³-hybridized carbons (Fsp3) is 0.400. The van der Waals surface area contributed by atoms with Gasteiger partial charge in [0.25, 0.3) is 5.91 Å². The molecule has 0 spiro atoms. The zero-order valence-corrected chi connectivity index (χ0v) is 12.8. The van der Waals surface area contributed by atoms with Gasteiger partial charge >= 0.3 is 0 Å². The number of H-pyrrole nitrogens is 1. The van der Waals surface area contributed by atoms with E-state index < -0.39 is 0 Å². The minimum Gasteiger partial charge on any atom is -0.373 e. The SMILES string of the molecule is CNc1cc(C(=O)NCc2ncc[nH]2)cc(C(C)(C)C)n1. The summed E-state index contributed by atoms with van der Waals surface area (Å²) in [7, 11) is 1.79. The molecule has 0 bridgehead atoms. The Bertz CT molecular complexity index is 613. The lowest BCUT2D eigenvalue weighted by Gasteiger charge is -2.19. The predicted octanol–water partition coefficient (Wildman–Crippen LogP) is 2.07. The van der Waals surface area contributed by atoms with Crippen molar-refractivity contribution in [3.05, 3.63) is 41.6 Å². The van der Waals surface area contributed by atoms with Crippen LogP contribution in [0.4, 0.5) is 5.82 Å². The highest BCUT2D eigenvalue weighted by molar-refractivity contribution is 5.95. The number of carbonyl (C=O) groups excluding carboxylic acids is 1. The van der Waals surface area contributed by atoms with Gasteiger partial charge in [-0.05, 0) is 12.1 Å². The van der Waals surface area contributed by atoms with Crippen molar-refractivity contribution in [2.75, 3.05) is 12.4 Å². The lowest BCUT2D eigenvalue weighted by atomic mass is 9.90. The normalized spacial score (nSPS) is 11.2. The third kappa shape index (κ3) is 3.81. The van der Waals surface area contributed by atoms with Gasteiger partial charge in [-0.2, -0.15) is 0 Å². The van der Waals surface area contributed by atoms with Crippen molar-refractivity contribution in [3.8, 4) is 0 Å². The van der Waals surface area contributed by atoms with E-state index in [9.17, 15) is 4.79 Å². The number of hydrogen-bond donors (Lipinski definition) is 3. The van der Waals surface area contributed by atoms with Crippen LogP contribution >= 0.6 is 0 Å². The molecule has 2 rings (SSSR count). The maximum Gasteiger partial charge on any atom is 0.251 e. The van der Waals surface area contributed by atoms with Gasteiger partial charge in [0.1, 0.15) is 11.6 Å². The van der Waals surface area contributed by atoms with E-state index in [4.69, 9.17) is 0 Å². The van der Waals surface area contributed by atoms with Crippen LogP contribution in [0.25, 0.3) is 0 Å². The molecular weight excluding hydrogens is 266 g/mol. The second-order valence-electron chi connectivity index (χ2n) is 5.84. The molecule has 1 amide bonds. The van der Waals surface area contributed by atoms with E-state index in [1.54, 1.807) is 25.5 Å². The highest BCUT2D eigenvalue weighted by Crippen LogP contribution is 2.23. The summed E-state index contributed by atoms with van der Waals surface area (Å²) in [6.45, 7) is 6.58. The number of amides is 1. The van der Waals surface area contributed by atoms with E-state index in [2.05, 4.69) is 46.4 Å². The largest absolute Gasteiger partial charge is 0.373 e. The molecule has 3 N–H and O–H groups in total. The van der Waals surface area contributed by atoms with Gasteiger partial charge in [-0.1, -0.05) is 20.8 Å². The summed E-state index contributed by atoms with van der Waals surface area (Å²) in [6.07, 6.45) is 3.38. The Balaban J connectivity index is 2.19. The first kappa shape index (κ1) is 15.0. The molecule has 0 fully saturated rings. The highest BCUT2D eigenvalue weighted by Gasteiger charge is 2.19. The van der Waals surface area contributed by atoms with Crippen LogP contribution in [0, 0.1) is 0 Å². The monoisotopic (exact) mass is 287 g/mol. The molecule has 2 aromatic rings. The van der Waals surface area contributed by atoms with Gasteiger partial charge in [0.05, 0.1) is 6.54 Å². The van der Waals surface area contributed by atoms with Crippen molar-refractivity contribution in [2.45, 2.75) is 32.7 Å². The number of carbonyl (C=O) groups is 1. The molecular formula is C15H21N5O. The maximum atomic E-state index is 12.3. The van der Waals surface area contributed by atoms with Crippen LogP contribution < -0.4 is 10.6 Å². The Morgan fingerprint density at radius 1 is 1.33 bits per heavy atom. The minimum absolute atomic E-state index is 0.122. The zero-order valence-electron chi connectivity index (χ0n) is 12.8. The number of pyridine rings is 1. The number of nitrogens with zero attached hydrogens (tertiary/aromatic N) is 2. The standard InChI is InChI=1S/C15H21N5O/c1-15(2,3)11-7-10(8-12(16-4)20-11)14(21)19-9-13-17-5-6-18-13/h5-8H,9H2,1-4H3,(H,16,20)(H,17,18)(H,19,21). The molecule has 2 aromatic heterocycles. The molecule has 112 valence electrons. The lowest BCUT2D eigenvalue weighted by Crippen LogP contribution is -2.25. The molecule has 6 nitrogen and oxygen atoms in total. The number of rotatable bonds is 4. The van der Waals surface area contributed by atoms with Gasteiger partial charge in [0.15, 0.2) is 0 Å². The van der Waals surface area contributed by atoms with Gasteiger partial charge in [-0.25, -0.2) is 9.97 Å². The molecule has 21 heavy (non-hydrogen) atoms. The smallest absolute Gasteiger partial charge is 0.251 e. The summed E-state index contributed by atoms with van der Waals surface area (Å²) in [4.78, 5) is 23.8. The quantitative estimate of drug-likeness (QED) is 0.804. The number of aromatic amines is 1. The molecule has 0 aromatic carbocycles. The van der Waals surface area contributed by atoms with Crippen LogP contribution in [0.3, 0.4) is 0 Å². The van der Waals surface area contributed by atoms with Crippen molar-refractivity contribution >= 4 is 11.7 Å². The molecule has 0 radical (unpaired) electrons. The molecule has 0 aliphatic heterocycles. The number of hydrogen-bond acceptors (Lipinski definition) is 4. The highest BCUT2D eigenvalue weighted by atomic mass is 16.1. The van der Waals surface area contributed by atoms with E-state index in [-0.39, 0.29) is 11.3 Å². The fourth-order valence-electron chi connectivity index (χ4n) is 1.83. The van der Waals surface area contributed by atoms with Crippen LogP contribution in [0.5, 0.6) is 0 Å². The Morgan fingerprint density at radius 3 is 2.67 bits per heavy atom. The third-order valence-electron chi connectivity index (χ3n) is 3.08. The number of nitrogens with one attached hydrogen (secondary N) is 3. The second-order valence-corrected chi connectivity index (χ2v) is 5.84. The topological polar surface area (TPSA) is 82.7 Å². The number of aromatic nitrogens is 3. The number of imidazole rings is 1. The first-order valence-corrected chi connectivity index (χ1v) is 6.87. The van der Waals surface area contributed by atoms with Crippen molar-refractivity contribution in [3.63, 3.8) is 0 Å². The van der Waals surface area contributed by atoms with Crippen LogP contribution in [-0.2, 0) is 12.0 Å². The van der Waals surface area contributed by atoms with Gasteiger partial charge < -0.3 is 15.6 Å². The summed E-state index contributed by atoms with van der Waals surface area (Å²) >= 11 is 0. The molecule has 0 saturated carbocycles. The van der Waals surface area contributed by atoms with Crippen LogP contribution in [0.1, 0.15) is 42.6 Å². The Labute approximate surface area is 124 Å². The average Bonchev–Trinajstić information content (AvgIpc) is 2.96. The Morgan fingerprint density at radius 2 is 2.10 bits per heavy atom. The van der Waals surface area contributed by atoms with Crippen molar-refractivity contribution < 1.29 is 4.79 Å².